The Kier molecular flexibility index (Phi) is 3.67. The molecule has 0 aliphatic rings. The van der Waals surface area contributed by atoms with E-state index < -0.39 is 4.92 Å². The van der Waals surface area contributed by atoms with Crippen molar-refractivity contribution in [2.75, 3.05) is 0 Å². The van der Waals surface area contributed by atoms with Crippen molar-refractivity contribution in [1.29, 1.82) is 0 Å². The maximum absolute atomic E-state index is 11.4. The first kappa shape index (κ1) is 15.6. The summed E-state index contributed by atoms with van der Waals surface area (Å²) in [7, 11) is 0. The first-order chi connectivity index (χ1) is 12.1. The highest BCUT2D eigenvalue weighted by atomic mass is 35.5. The highest BCUT2D eigenvalue weighted by Crippen LogP contribution is 2.37. The molecule has 0 aliphatic heterocycles. The summed E-state index contributed by atoms with van der Waals surface area (Å²) in [6.45, 7) is 0. The molecule has 2 heterocycles. The van der Waals surface area contributed by atoms with Crippen LogP contribution in [0.1, 0.15) is 0 Å². The maximum atomic E-state index is 11.4. The molecule has 4 rings (SSSR count). The van der Waals surface area contributed by atoms with Gasteiger partial charge in [0, 0.05) is 34.4 Å². The van der Waals surface area contributed by atoms with E-state index in [1.807, 2.05) is 0 Å². The molecule has 0 bridgehead atoms. The molecule has 4 aromatic rings. The van der Waals surface area contributed by atoms with Crippen LogP contribution in [-0.2, 0) is 0 Å². The van der Waals surface area contributed by atoms with Crippen molar-refractivity contribution in [2.45, 2.75) is 0 Å². The molecule has 9 heteroatoms. The molecular weight excluding hydrogens is 365 g/mol. The molecule has 0 atom stereocenters. The van der Waals surface area contributed by atoms with E-state index in [1.54, 1.807) is 18.2 Å². The van der Waals surface area contributed by atoms with Crippen LogP contribution in [0.5, 0.6) is 0 Å². The van der Waals surface area contributed by atoms with E-state index in [4.69, 9.17) is 23.2 Å². The number of hydrogen-bond acceptors (Lipinski definition) is 6. The van der Waals surface area contributed by atoms with Crippen LogP contribution in [-0.4, -0.2) is 25.1 Å². The number of benzene rings is 2. The summed E-state index contributed by atoms with van der Waals surface area (Å²) in [5.74, 6) is 0. The standard InChI is InChI=1S/C16H7Cl2N5O2/c17-8-1-2-9(12(18)5-8)14-10-6-13(23(24)25)16-11(7-21-22-16)15(10)20-4-3-19-14/h1-7H. The molecule has 2 aromatic carbocycles. The Labute approximate surface area is 150 Å². The van der Waals surface area contributed by atoms with Gasteiger partial charge in [-0.3, -0.25) is 20.1 Å². The fraction of sp³-hybridized carbons (Fsp3) is 0. The van der Waals surface area contributed by atoms with Crippen LogP contribution in [0.4, 0.5) is 5.69 Å². The third-order valence-electron chi connectivity index (χ3n) is 3.75. The Morgan fingerprint density at radius 2 is 1.80 bits per heavy atom. The summed E-state index contributed by atoms with van der Waals surface area (Å²) in [5.41, 5.74) is 1.57. The number of aromatic nitrogens is 4. The largest absolute Gasteiger partial charge is 0.298 e. The van der Waals surface area contributed by atoms with Crippen molar-refractivity contribution in [3.8, 4) is 11.3 Å². The van der Waals surface area contributed by atoms with Gasteiger partial charge < -0.3 is 0 Å². The summed E-state index contributed by atoms with van der Waals surface area (Å²) in [6.07, 6.45) is 4.46. The first-order valence-electron chi connectivity index (χ1n) is 7.05. The minimum absolute atomic E-state index is 0.166. The predicted molar refractivity (Wildman–Crippen MR) is 94.7 cm³/mol. The number of rotatable bonds is 2. The molecule has 0 unspecified atom stereocenters. The lowest BCUT2D eigenvalue weighted by molar-refractivity contribution is -0.383. The van der Waals surface area contributed by atoms with Crippen molar-refractivity contribution in [3.63, 3.8) is 0 Å². The van der Waals surface area contributed by atoms with Crippen molar-refractivity contribution < 1.29 is 4.92 Å². The van der Waals surface area contributed by atoms with Gasteiger partial charge in [-0.15, -0.1) is 5.10 Å². The molecule has 0 amide bonds. The Morgan fingerprint density at radius 1 is 1.00 bits per heavy atom. The van der Waals surface area contributed by atoms with Gasteiger partial charge in [0.2, 0.25) is 0 Å². The third-order valence-corrected chi connectivity index (χ3v) is 4.29. The van der Waals surface area contributed by atoms with Crippen LogP contribution < -0.4 is 0 Å². The lowest BCUT2D eigenvalue weighted by atomic mass is 10.0. The van der Waals surface area contributed by atoms with E-state index in [1.165, 1.54) is 24.7 Å². The van der Waals surface area contributed by atoms with Gasteiger partial charge in [-0.1, -0.05) is 23.2 Å². The lowest BCUT2D eigenvalue weighted by Crippen LogP contribution is -1.92. The number of fused-ring (bicyclic) bond motifs is 3. The second kappa shape index (κ2) is 5.87. The summed E-state index contributed by atoms with van der Waals surface area (Å²) in [5, 5.41) is 20.9. The molecule has 0 saturated carbocycles. The average molecular weight is 372 g/mol. The second-order valence-corrected chi connectivity index (χ2v) is 6.03. The molecule has 7 nitrogen and oxygen atoms in total. The molecule has 0 saturated heterocycles. The zero-order valence-electron chi connectivity index (χ0n) is 12.3. The Balaban J connectivity index is 2.19. The van der Waals surface area contributed by atoms with Gasteiger partial charge in [0.1, 0.15) is 0 Å². The number of halogens is 2. The van der Waals surface area contributed by atoms with E-state index in [0.717, 1.165) is 0 Å². The third kappa shape index (κ3) is 2.54. The molecule has 0 N–H and O–H groups in total. The summed E-state index contributed by atoms with van der Waals surface area (Å²) in [6, 6.07) is 6.37. The summed E-state index contributed by atoms with van der Waals surface area (Å²) < 4.78 is 0. The van der Waals surface area contributed by atoms with Gasteiger partial charge in [-0.25, -0.2) is 0 Å². The van der Waals surface area contributed by atoms with Crippen LogP contribution in [0.2, 0.25) is 10.0 Å². The van der Waals surface area contributed by atoms with E-state index in [2.05, 4.69) is 20.2 Å². The smallest absolute Gasteiger partial charge is 0.258 e. The topological polar surface area (TPSA) is 94.7 Å². The molecule has 0 spiro atoms. The Hall–Kier alpha value is -2.90. The second-order valence-electron chi connectivity index (χ2n) is 5.18. The quantitative estimate of drug-likeness (QED) is 0.381. The van der Waals surface area contributed by atoms with Gasteiger partial charge in [-0.05, 0) is 18.2 Å². The Bertz CT molecular complexity index is 1170. The van der Waals surface area contributed by atoms with Gasteiger partial charge in [0.25, 0.3) is 5.69 Å². The zero-order chi connectivity index (χ0) is 17.6. The highest BCUT2D eigenvalue weighted by Gasteiger charge is 2.21. The number of non-ortho nitro benzene ring substituents is 1. The van der Waals surface area contributed by atoms with E-state index in [-0.39, 0.29) is 11.2 Å². The maximum Gasteiger partial charge on any atom is 0.298 e. The summed E-state index contributed by atoms with van der Waals surface area (Å²) in [4.78, 5) is 19.7. The van der Waals surface area contributed by atoms with E-state index in [9.17, 15) is 10.1 Å². The molecule has 2 aromatic heterocycles. The van der Waals surface area contributed by atoms with Crippen LogP contribution in [0, 0.1) is 10.1 Å². The molecular formula is C16H7Cl2N5O2. The van der Waals surface area contributed by atoms with Crippen LogP contribution in [0.25, 0.3) is 33.1 Å². The number of nitro groups is 1. The fourth-order valence-electron chi connectivity index (χ4n) is 2.68. The molecule has 122 valence electrons. The van der Waals surface area contributed by atoms with Crippen molar-refractivity contribution in [3.05, 3.63) is 63.0 Å². The predicted octanol–water partition coefficient (Wildman–Crippen LogP) is 4.46. The van der Waals surface area contributed by atoms with Crippen LogP contribution in [0.15, 0.2) is 42.9 Å². The van der Waals surface area contributed by atoms with E-state index >= 15 is 0 Å². The van der Waals surface area contributed by atoms with Crippen LogP contribution >= 0.6 is 23.2 Å². The average Bonchev–Trinajstić information content (AvgIpc) is 2.96. The van der Waals surface area contributed by atoms with Crippen molar-refractivity contribution in [1.82, 2.24) is 20.2 Å². The van der Waals surface area contributed by atoms with Gasteiger partial charge >= 0.3 is 0 Å². The minimum atomic E-state index is -0.503. The molecule has 0 fully saturated rings. The normalized spacial score (nSPS) is 11.1. The molecule has 0 aliphatic carbocycles. The van der Waals surface area contributed by atoms with Gasteiger partial charge in [0.15, 0.2) is 5.52 Å². The number of nitrogens with zero attached hydrogens (tertiary/aromatic N) is 5. The van der Waals surface area contributed by atoms with Crippen LogP contribution in [0.3, 0.4) is 0 Å². The zero-order valence-corrected chi connectivity index (χ0v) is 13.9. The van der Waals surface area contributed by atoms with Gasteiger partial charge in [0.05, 0.1) is 32.7 Å². The number of hydrogen-bond donors (Lipinski definition) is 0. The minimum Gasteiger partial charge on any atom is -0.258 e. The monoisotopic (exact) mass is 371 g/mol. The van der Waals surface area contributed by atoms with Crippen molar-refractivity contribution in [2.24, 2.45) is 0 Å². The SMILES string of the molecule is O=[N+]([O-])c1cc2c(-c3ccc(Cl)cc3Cl)nccnc2c2cnnc12. The highest BCUT2D eigenvalue weighted by molar-refractivity contribution is 6.36. The van der Waals surface area contributed by atoms with E-state index in [0.29, 0.717) is 37.6 Å². The molecule has 0 radical (unpaired) electrons. The Morgan fingerprint density at radius 3 is 2.56 bits per heavy atom. The number of nitro benzene ring substituents is 1. The molecule has 25 heavy (non-hydrogen) atoms. The van der Waals surface area contributed by atoms with Gasteiger partial charge in [-0.2, -0.15) is 5.10 Å². The first-order valence-corrected chi connectivity index (χ1v) is 7.81. The summed E-state index contributed by atoms with van der Waals surface area (Å²) >= 11 is 12.3. The lowest BCUT2D eigenvalue weighted by Gasteiger charge is -2.05. The fourth-order valence-corrected chi connectivity index (χ4v) is 3.18. The van der Waals surface area contributed by atoms with Crippen molar-refractivity contribution >= 4 is 50.7 Å².